The monoisotopic (exact) mass is 619 g/mol. The quantitative estimate of drug-likeness (QED) is 0.166. The van der Waals surface area contributed by atoms with Gasteiger partial charge in [0.1, 0.15) is 10.8 Å². The Morgan fingerprint density at radius 2 is 1.84 bits per heavy atom. The van der Waals surface area contributed by atoms with Crippen LogP contribution in [0.2, 0.25) is 0 Å². The van der Waals surface area contributed by atoms with E-state index in [4.69, 9.17) is 9.47 Å². The molecule has 0 unspecified atom stereocenters. The number of hydrogen-bond donors (Lipinski definition) is 2. The molecule has 224 valence electrons. The molecule has 0 saturated heterocycles. The number of rotatable bonds is 12. The number of nitrogens with zero attached hydrogens (tertiary/aromatic N) is 3. The maximum atomic E-state index is 13.1. The van der Waals surface area contributed by atoms with Crippen LogP contribution in [0, 0.1) is 6.92 Å². The van der Waals surface area contributed by atoms with Gasteiger partial charge in [0.15, 0.2) is 17.6 Å². The van der Waals surface area contributed by atoms with Crippen LogP contribution in [0.25, 0.3) is 5.69 Å². The third-order valence-electron chi connectivity index (χ3n) is 6.75. The van der Waals surface area contributed by atoms with E-state index in [0.29, 0.717) is 27.3 Å². The molecule has 2 aromatic carbocycles. The van der Waals surface area contributed by atoms with Crippen molar-refractivity contribution in [3.8, 4) is 11.4 Å². The number of thioether (sulfide) groups is 1. The Balaban J connectivity index is 1.28. The number of ether oxygens (including phenoxy) is 2. The van der Waals surface area contributed by atoms with Gasteiger partial charge in [-0.2, -0.15) is 0 Å². The van der Waals surface area contributed by atoms with E-state index in [1.807, 2.05) is 54.0 Å². The predicted octanol–water partition coefficient (Wildman–Crippen LogP) is 5.12. The SMILES string of the molecule is CCOC(=O)c1c(NC(=O)CSc2nnc(CNC(=O)COc3ccccc3)n2-c2cccc(C)c2)sc2c1CCCC2. The zero-order valence-electron chi connectivity index (χ0n) is 24.1. The Morgan fingerprint density at radius 1 is 1.02 bits per heavy atom. The molecule has 2 N–H and O–H groups in total. The summed E-state index contributed by atoms with van der Waals surface area (Å²) in [6.45, 7) is 4.01. The Kier molecular flexibility index (Phi) is 10.1. The molecule has 0 bridgehead atoms. The summed E-state index contributed by atoms with van der Waals surface area (Å²) in [6, 6.07) is 16.9. The van der Waals surface area contributed by atoms with Crippen molar-refractivity contribution in [1.29, 1.82) is 0 Å². The fraction of sp³-hybridized carbons (Fsp3) is 0.323. The second-order valence-corrected chi connectivity index (χ2v) is 12.0. The zero-order chi connectivity index (χ0) is 30.2. The molecule has 12 heteroatoms. The molecule has 2 aromatic heterocycles. The third-order valence-corrected chi connectivity index (χ3v) is 8.89. The van der Waals surface area contributed by atoms with E-state index in [2.05, 4.69) is 20.8 Å². The number of nitrogens with one attached hydrogen (secondary N) is 2. The lowest BCUT2D eigenvalue weighted by Gasteiger charge is -2.13. The molecule has 5 rings (SSSR count). The summed E-state index contributed by atoms with van der Waals surface area (Å²) in [5.74, 6) is 0.205. The summed E-state index contributed by atoms with van der Waals surface area (Å²) in [4.78, 5) is 39.5. The molecule has 43 heavy (non-hydrogen) atoms. The number of aromatic nitrogens is 3. The number of fused-ring (bicyclic) bond motifs is 1. The highest BCUT2D eigenvalue weighted by atomic mass is 32.2. The van der Waals surface area contributed by atoms with Crippen molar-refractivity contribution >= 4 is 45.9 Å². The van der Waals surface area contributed by atoms with Crippen molar-refractivity contribution in [2.24, 2.45) is 0 Å². The standard InChI is InChI=1S/C31H33N5O5S2/c1-3-40-30(39)28-23-14-7-8-15-24(23)43-29(28)33-27(38)19-42-31-35-34-25(36(31)21-11-9-10-20(2)16-21)17-32-26(37)18-41-22-12-5-4-6-13-22/h4-6,9-13,16H,3,7-8,14-15,17-19H2,1-2H3,(H,32,37)(H,33,38). The van der Waals surface area contributed by atoms with Crippen molar-refractivity contribution in [2.45, 2.75) is 51.2 Å². The molecule has 1 aliphatic carbocycles. The first-order chi connectivity index (χ1) is 20.9. The van der Waals surface area contributed by atoms with Crippen molar-refractivity contribution in [1.82, 2.24) is 20.1 Å². The minimum absolute atomic E-state index is 0.0477. The number of para-hydroxylation sites is 1. The Bertz CT molecular complexity index is 1600. The van der Waals surface area contributed by atoms with Crippen LogP contribution in [0.4, 0.5) is 5.00 Å². The zero-order valence-corrected chi connectivity index (χ0v) is 25.7. The van der Waals surface area contributed by atoms with Crippen LogP contribution in [0.1, 0.15) is 52.0 Å². The molecule has 1 aliphatic rings. The summed E-state index contributed by atoms with van der Waals surface area (Å²) >= 11 is 2.68. The van der Waals surface area contributed by atoms with Crippen LogP contribution in [0.5, 0.6) is 5.75 Å². The molecule has 4 aromatic rings. The fourth-order valence-corrected chi connectivity index (χ4v) is 6.86. The van der Waals surface area contributed by atoms with Gasteiger partial charge < -0.3 is 20.1 Å². The molecule has 0 spiro atoms. The smallest absolute Gasteiger partial charge is 0.341 e. The highest BCUT2D eigenvalue weighted by molar-refractivity contribution is 7.99. The lowest BCUT2D eigenvalue weighted by molar-refractivity contribution is -0.123. The average molecular weight is 620 g/mol. The van der Waals surface area contributed by atoms with Gasteiger partial charge in [-0.3, -0.25) is 14.2 Å². The topological polar surface area (TPSA) is 124 Å². The first-order valence-electron chi connectivity index (χ1n) is 14.1. The molecule has 0 atom stereocenters. The first kappa shape index (κ1) is 30.3. The molecule has 0 saturated carbocycles. The van der Waals surface area contributed by atoms with E-state index in [-0.39, 0.29) is 37.3 Å². The summed E-state index contributed by atoms with van der Waals surface area (Å²) in [7, 11) is 0. The second-order valence-electron chi connectivity index (χ2n) is 9.92. The van der Waals surface area contributed by atoms with Gasteiger partial charge >= 0.3 is 5.97 Å². The molecule has 10 nitrogen and oxygen atoms in total. The van der Waals surface area contributed by atoms with Gasteiger partial charge in [-0.25, -0.2) is 4.79 Å². The molecule has 2 heterocycles. The molecule has 2 amide bonds. The molecule has 0 aliphatic heterocycles. The maximum Gasteiger partial charge on any atom is 0.341 e. The molecule has 0 fully saturated rings. The minimum atomic E-state index is -0.398. The van der Waals surface area contributed by atoms with E-state index in [9.17, 15) is 14.4 Å². The van der Waals surface area contributed by atoms with Crippen LogP contribution in [0.15, 0.2) is 59.8 Å². The van der Waals surface area contributed by atoms with Crippen LogP contribution in [-0.2, 0) is 33.7 Å². The van der Waals surface area contributed by atoms with Crippen molar-refractivity contribution in [3.05, 3.63) is 82.0 Å². The number of amides is 2. The van der Waals surface area contributed by atoms with E-state index in [1.54, 1.807) is 19.1 Å². The van der Waals surface area contributed by atoms with Gasteiger partial charge in [-0.15, -0.1) is 21.5 Å². The van der Waals surface area contributed by atoms with Gasteiger partial charge in [0.05, 0.1) is 24.5 Å². The number of benzene rings is 2. The Labute approximate surface area is 258 Å². The lowest BCUT2D eigenvalue weighted by atomic mass is 9.95. The maximum absolute atomic E-state index is 13.1. The van der Waals surface area contributed by atoms with Gasteiger partial charge in [0.25, 0.3) is 5.91 Å². The number of esters is 1. The Hall–Kier alpha value is -4.16. The van der Waals surface area contributed by atoms with Crippen LogP contribution in [-0.4, -0.2) is 51.5 Å². The first-order valence-corrected chi connectivity index (χ1v) is 15.9. The predicted molar refractivity (Wildman–Crippen MR) is 166 cm³/mol. The van der Waals surface area contributed by atoms with Crippen LogP contribution < -0.4 is 15.4 Å². The minimum Gasteiger partial charge on any atom is -0.484 e. The van der Waals surface area contributed by atoms with Gasteiger partial charge in [0, 0.05) is 10.6 Å². The van der Waals surface area contributed by atoms with Crippen LogP contribution >= 0.6 is 23.1 Å². The fourth-order valence-electron chi connectivity index (χ4n) is 4.79. The number of thiophene rings is 1. The van der Waals surface area contributed by atoms with Crippen LogP contribution in [0.3, 0.4) is 0 Å². The highest BCUT2D eigenvalue weighted by Gasteiger charge is 2.27. The van der Waals surface area contributed by atoms with E-state index >= 15 is 0 Å². The summed E-state index contributed by atoms with van der Waals surface area (Å²) in [5.41, 5.74) is 3.34. The van der Waals surface area contributed by atoms with E-state index < -0.39 is 5.97 Å². The summed E-state index contributed by atoms with van der Waals surface area (Å²) < 4.78 is 12.7. The number of carbonyl (C=O) groups is 3. The van der Waals surface area contributed by atoms with Gasteiger partial charge in [0.2, 0.25) is 5.91 Å². The molecular weight excluding hydrogens is 587 g/mol. The van der Waals surface area contributed by atoms with Gasteiger partial charge in [-0.1, -0.05) is 42.1 Å². The van der Waals surface area contributed by atoms with Crippen molar-refractivity contribution in [2.75, 3.05) is 24.3 Å². The van der Waals surface area contributed by atoms with Crippen molar-refractivity contribution in [3.63, 3.8) is 0 Å². The Morgan fingerprint density at radius 3 is 2.63 bits per heavy atom. The lowest BCUT2D eigenvalue weighted by Crippen LogP contribution is -2.29. The summed E-state index contributed by atoms with van der Waals surface area (Å²) in [5, 5.41) is 15.5. The molecule has 0 radical (unpaired) electrons. The van der Waals surface area contributed by atoms with Crippen molar-refractivity contribution < 1.29 is 23.9 Å². The average Bonchev–Trinajstić information content (AvgIpc) is 3.59. The second kappa shape index (κ2) is 14.3. The summed E-state index contributed by atoms with van der Waals surface area (Å²) in [6.07, 6.45) is 3.78. The number of aryl methyl sites for hydroxylation is 2. The molecular formula is C31H33N5O5S2. The van der Waals surface area contributed by atoms with E-state index in [1.165, 1.54) is 23.1 Å². The number of hydrogen-bond acceptors (Lipinski definition) is 9. The normalized spacial score (nSPS) is 12.3. The number of carbonyl (C=O) groups excluding carboxylic acids is 3. The third kappa shape index (κ3) is 7.63. The van der Waals surface area contributed by atoms with Gasteiger partial charge in [-0.05, 0) is 74.9 Å². The number of anilines is 1. The largest absolute Gasteiger partial charge is 0.484 e. The highest BCUT2D eigenvalue weighted by Crippen LogP contribution is 2.38. The van der Waals surface area contributed by atoms with E-state index in [0.717, 1.165) is 47.4 Å².